The van der Waals surface area contributed by atoms with Crippen molar-refractivity contribution in [2.75, 3.05) is 24.2 Å². The van der Waals surface area contributed by atoms with Gasteiger partial charge in [0.25, 0.3) is 5.91 Å². The summed E-state index contributed by atoms with van der Waals surface area (Å²) in [5.74, 6) is 1.17. The number of benzene rings is 1. The Kier molecular flexibility index (Phi) is 6.01. The standard InChI is InChI=1S/C24H26N4O5S/c1-2-34(30,31)27-11-10-18-17(16-27)6-3-7-19(18)25-15-24(29)28-21(23-9-5-13-33-23)14-20(26-28)22-8-4-12-32-22/h3-9,12-13,21,25H,2,10-11,14-16H2,1H3. The van der Waals surface area contributed by atoms with Crippen LogP contribution in [0.4, 0.5) is 5.69 Å². The third kappa shape index (κ3) is 4.26. The molecule has 0 saturated heterocycles. The van der Waals surface area contributed by atoms with E-state index < -0.39 is 10.0 Å². The van der Waals surface area contributed by atoms with Crippen LogP contribution in [0.1, 0.15) is 42.0 Å². The van der Waals surface area contributed by atoms with Gasteiger partial charge in [0.2, 0.25) is 10.0 Å². The van der Waals surface area contributed by atoms with Crippen LogP contribution in [0.3, 0.4) is 0 Å². The number of rotatable bonds is 7. The lowest BCUT2D eigenvalue weighted by Gasteiger charge is -2.29. The molecule has 1 unspecified atom stereocenters. The summed E-state index contributed by atoms with van der Waals surface area (Å²) in [4.78, 5) is 13.2. The highest BCUT2D eigenvalue weighted by Gasteiger charge is 2.35. The van der Waals surface area contributed by atoms with Gasteiger partial charge in [-0.2, -0.15) is 9.41 Å². The Morgan fingerprint density at radius 1 is 1.15 bits per heavy atom. The molecule has 0 spiro atoms. The van der Waals surface area contributed by atoms with Gasteiger partial charge in [0.1, 0.15) is 23.3 Å². The van der Waals surface area contributed by atoms with Crippen molar-refractivity contribution in [3.63, 3.8) is 0 Å². The van der Waals surface area contributed by atoms with Gasteiger partial charge in [0.05, 0.1) is 24.8 Å². The zero-order chi connectivity index (χ0) is 23.7. The first-order valence-corrected chi connectivity index (χ1v) is 12.9. The number of furan rings is 2. The number of carbonyl (C=O) groups excluding carboxylic acids is 1. The second kappa shape index (κ2) is 9.11. The first-order valence-electron chi connectivity index (χ1n) is 11.3. The van der Waals surface area contributed by atoms with Crippen molar-refractivity contribution in [3.05, 3.63) is 77.6 Å². The Hall–Kier alpha value is -3.37. The minimum atomic E-state index is -3.24. The van der Waals surface area contributed by atoms with Crippen LogP contribution in [0.15, 0.2) is 68.9 Å². The van der Waals surface area contributed by atoms with Crippen molar-refractivity contribution in [1.29, 1.82) is 0 Å². The fourth-order valence-electron chi connectivity index (χ4n) is 4.46. The molecule has 2 aliphatic rings. The van der Waals surface area contributed by atoms with Crippen molar-refractivity contribution < 1.29 is 22.0 Å². The molecule has 0 saturated carbocycles. The third-order valence-electron chi connectivity index (χ3n) is 6.26. The van der Waals surface area contributed by atoms with Gasteiger partial charge >= 0.3 is 0 Å². The maximum Gasteiger partial charge on any atom is 0.262 e. The molecule has 2 aromatic heterocycles. The quantitative estimate of drug-likeness (QED) is 0.553. The SMILES string of the molecule is CCS(=O)(=O)N1CCc2c(cccc2NCC(=O)N2N=C(c3ccco3)CC2c2ccco2)C1. The van der Waals surface area contributed by atoms with E-state index in [2.05, 4.69) is 10.4 Å². The number of fused-ring (bicyclic) bond motifs is 1. The predicted octanol–water partition coefficient (Wildman–Crippen LogP) is 3.37. The normalized spacial score (nSPS) is 18.6. The van der Waals surface area contributed by atoms with Crippen LogP contribution in [0.2, 0.25) is 0 Å². The summed E-state index contributed by atoms with van der Waals surface area (Å²) in [6.45, 7) is 2.47. The minimum absolute atomic E-state index is 0.0412. The lowest BCUT2D eigenvalue weighted by atomic mass is 9.99. The van der Waals surface area contributed by atoms with Crippen molar-refractivity contribution in [2.45, 2.75) is 32.4 Å². The molecule has 0 bridgehead atoms. The highest BCUT2D eigenvalue weighted by Crippen LogP contribution is 2.33. The monoisotopic (exact) mass is 482 g/mol. The van der Waals surface area contributed by atoms with E-state index in [1.165, 1.54) is 9.31 Å². The van der Waals surface area contributed by atoms with Crippen LogP contribution < -0.4 is 5.32 Å². The lowest BCUT2D eigenvalue weighted by molar-refractivity contribution is -0.131. The van der Waals surface area contributed by atoms with Crippen LogP contribution in [0, 0.1) is 0 Å². The van der Waals surface area contributed by atoms with Gasteiger partial charge in [-0.1, -0.05) is 12.1 Å². The van der Waals surface area contributed by atoms with E-state index in [1.807, 2.05) is 30.3 Å². The van der Waals surface area contributed by atoms with Gasteiger partial charge in [-0.05, 0) is 54.8 Å². The Bertz CT molecular complexity index is 1300. The molecule has 1 N–H and O–H groups in total. The summed E-state index contributed by atoms with van der Waals surface area (Å²) >= 11 is 0. The van der Waals surface area contributed by atoms with E-state index in [1.54, 1.807) is 31.6 Å². The molecule has 1 amide bonds. The molecule has 178 valence electrons. The average Bonchev–Trinajstić information content (AvgIpc) is 3.62. The molecule has 4 heterocycles. The van der Waals surface area contributed by atoms with E-state index in [-0.39, 0.29) is 24.2 Å². The number of anilines is 1. The molecule has 10 heteroatoms. The predicted molar refractivity (Wildman–Crippen MR) is 127 cm³/mol. The number of carbonyl (C=O) groups is 1. The second-order valence-electron chi connectivity index (χ2n) is 8.28. The maximum absolute atomic E-state index is 13.2. The summed E-state index contributed by atoms with van der Waals surface area (Å²) < 4.78 is 37.1. The molecule has 0 radical (unpaired) electrons. The zero-order valence-electron chi connectivity index (χ0n) is 18.8. The number of nitrogens with one attached hydrogen (secondary N) is 1. The highest BCUT2D eigenvalue weighted by atomic mass is 32.2. The van der Waals surface area contributed by atoms with E-state index in [4.69, 9.17) is 8.83 Å². The van der Waals surface area contributed by atoms with E-state index in [0.29, 0.717) is 43.2 Å². The van der Waals surface area contributed by atoms with Crippen LogP contribution >= 0.6 is 0 Å². The number of hydrazone groups is 1. The molecule has 34 heavy (non-hydrogen) atoms. The lowest BCUT2D eigenvalue weighted by Crippen LogP contribution is -2.37. The molecule has 0 aliphatic carbocycles. The summed E-state index contributed by atoms with van der Waals surface area (Å²) in [5.41, 5.74) is 3.52. The summed E-state index contributed by atoms with van der Waals surface area (Å²) in [7, 11) is -3.24. The minimum Gasteiger partial charge on any atom is -0.467 e. The molecule has 5 rings (SSSR count). The van der Waals surface area contributed by atoms with Gasteiger partial charge in [0, 0.05) is 25.2 Å². The first kappa shape index (κ1) is 22.4. The fraction of sp³-hybridized carbons (Fsp3) is 0.333. The molecular formula is C24H26N4O5S. The Labute approximate surface area is 198 Å². The smallest absolute Gasteiger partial charge is 0.262 e. The molecular weight excluding hydrogens is 456 g/mol. The number of sulfonamides is 1. The van der Waals surface area contributed by atoms with Crippen LogP contribution in [0.5, 0.6) is 0 Å². The largest absolute Gasteiger partial charge is 0.467 e. The Morgan fingerprint density at radius 2 is 1.97 bits per heavy atom. The summed E-state index contributed by atoms with van der Waals surface area (Å²) in [6, 6.07) is 12.6. The van der Waals surface area contributed by atoms with Crippen molar-refractivity contribution in [1.82, 2.24) is 9.31 Å². The number of hydrogen-bond acceptors (Lipinski definition) is 7. The van der Waals surface area contributed by atoms with Crippen LogP contribution in [0.25, 0.3) is 0 Å². The number of hydrogen-bond donors (Lipinski definition) is 1. The summed E-state index contributed by atoms with van der Waals surface area (Å²) in [5, 5.41) is 9.25. The molecule has 1 atom stereocenters. The fourth-order valence-corrected chi connectivity index (χ4v) is 5.53. The van der Waals surface area contributed by atoms with Gasteiger partial charge < -0.3 is 14.2 Å². The van der Waals surface area contributed by atoms with Crippen molar-refractivity contribution >= 4 is 27.3 Å². The van der Waals surface area contributed by atoms with Crippen LogP contribution in [-0.4, -0.2) is 48.2 Å². The molecule has 9 nitrogen and oxygen atoms in total. The first-order chi connectivity index (χ1) is 16.5. The van der Waals surface area contributed by atoms with Gasteiger partial charge in [0.15, 0.2) is 0 Å². The maximum atomic E-state index is 13.2. The van der Waals surface area contributed by atoms with E-state index in [0.717, 1.165) is 16.8 Å². The third-order valence-corrected chi connectivity index (χ3v) is 8.09. The van der Waals surface area contributed by atoms with Gasteiger partial charge in [-0.15, -0.1) is 0 Å². The van der Waals surface area contributed by atoms with Gasteiger partial charge in [-0.3, -0.25) is 4.79 Å². The van der Waals surface area contributed by atoms with Gasteiger partial charge in [-0.25, -0.2) is 13.4 Å². The van der Waals surface area contributed by atoms with Crippen molar-refractivity contribution in [3.8, 4) is 0 Å². The number of amides is 1. The number of nitrogens with zero attached hydrogens (tertiary/aromatic N) is 3. The van der Waals surface area contributed by atoms with Crippen molar-refractivity contribution in [2.24, 2.45) is 5.10 Å². The van der Waals surface area contributed by atoms with Crippen LogP contribution in [-0.2, 0) is 27.8 Å². The average molecular weight is 483 g/mol. The summed E-state index contributed by atoms with van der Waals surface area (Å²) in [6.07, 6.45) is 4.25. The molecule has 3 aromatic rings. The second-order valence-corrected chi connectivity index (χ2v) is 10.5. The van der Waals surface area contributed by atoms with E-state index in [9.17, 15) is 13.2 Å². The topological polar surface area (TPSA) is 108 Å². The zero-order valence-corrected chi connectivity index (χ0v) is 19.6. The Morgan fingerprint density at radius 3 is 2.71 bits per heavy atom. The Balaban J connectivity index is 1.32. The molecule has 0 fully saturated rings. The molecule has 1 aromatic carbocycles. The molecule has 2 aliphatic heterocycles. The highest BCUT2D eigenvalue weighted by molar-refractivity contribution is 7.89. The van der Waals surface area contributed by atoms with E-state index >= 15 is 0 Å².